The molecule has 214 valence electrons. The van der Waals surface area contributed by atoms with E-state index in [1.54, 1.807) is 45.0 Å². The molecule has 14 heteroatoms. The van der Waals surface area contributed by atoms with Crippen LogP contribution in [0.4, 0.5) is 14.6 Å². The van der Waals surface area contributed by atoms with E-state index in [1.807, 2.05) is 19.9 Å². The molecule has 0 amide bonds. The van der Waals surface area contributed by atoms with Gasteiger partial charge in [0.25, 0.3) is 0 Å². The molecule has 2 aromatic rings. The van der Waals surface area contributed by atoms with Gasteiger partial charge in [-0.25, -0.2) is 13.6 Å². The van der Waals surface area contributed by atoms with E-state index in [9.17, 15) is 19.1 Å². The van der Waals surface area contributed by atoms with Crippen LogP contribution in [0.5, 0.6) is 5.75 Å². The summed E-state index contributed by atoms with van der Waals surface area (Å²) in [6.07, 6.45) is -4.04. The van der Waals surface area contributed by atoms with Gasteiger partial charge in [0.05, 0.1) is 21.7 Å². The molecule has 3 rings (SSSR count). The van der Waals surface area contributed by atoms with E-state index in [2.05, 4.69) is 10.1 Å². The zero-order valence-electron chi connectivity index (χ0n) is 22.0. The molecule has 0 spiro atoms. The van der Waals surface area contributed by atoms with Crippen LogP contribution in [0.2, 0.25) is 0 Å². The number of aliphatic hydroxyl groups is 1. The molecule has 1 aliphatic heterocycles. The zero-order valence-corrected chi connectivity index (χ0v) is 23.0. The Bertz CT molecular complexity index is 1030. The van der Waals surface area contributed by atoms with Gasteiger partial charge in [-0.05, 0) is 39.0 Å². The number of carbonyl (C=O) groups is 1. The lowest BCUT2D eigenvalue weighted by Gasteiger charge is -2.26. The number of benzene rings is 1. The van der Waals surface area contributed by atoms with Crippen molar-refractivity contribution in [2.24, 2.45) is 0 Å². The summed E-state index contributed by atoms with van der Waals surface area (Å²) < 4.78 is 45.0. The van der Waals surface area contributed by atoms with Gasteiger partial charge in [0, 0.05) is 6.20 Å². The normalized spacial score (nSPS) is 23.3. The molecule has 1 saturated heterocycles. The lowest BCUT2D eigenvalue weighted by atomic mass is 9.97. The number of anilines is 1. The molecular formula is C24H37F2N4O7P. The first-order valence-electron chi connectivity index (χ1n) is 12.0. The lowest BCUT2D eigenvalue weighted by molar-refractivity contribution is -0.148. The minimum Gasteiger partial charge on any atom is -0.508 e. The third-order valence-corrected chi connectivity index (χ3v) is 5.79. The number of phenols is 1. The second kappa shape index (κ2) is 16.3. The van der Waals surface area contributed by atoms with Crippen LogP contribution in [-0.2, 0) is 18.8 Å². The van der Waals surface area contributed by atoms with Gasteiger partial charge in [-0.3, -0.25) is 14.4 Å². The Morgan fingerprint density at radius 2 is 1.92 bits per heavy atom. The van der Waals surface area contributed by atoms with Crippen molar-refractivity contribution in [3.8, 4) is 5.75 Å². The van der Waals surface area contributed by atoms with Crippen LogP contribution in [0.15, 0.2) is 47.4 Å². The van der Waals surface area contributed by atoms with E-state index in [4.69, 9.17) is 24.8 Å². The van der Waals surface area contributed by atoms with E-state index in [1.165, 1.54) is 6.07 Å². The molecular weight excluding hydrogens is 525 g/mol. The number of halogens is 2. The molecule has 11 nitrogen and oxygen atoms in total. The van der Waals surface area contributed by atoms with Crippen LogP contribution in [0, 0.1) is 0 Å². The average molecular weight is 563 g/mol. The maximum absolute atomic E-state index is 15.1. The van der Waals surface area contributed by atoms with Crippen molar-refractivity contribution in [3.05, 3.63) is 53.1 Å². The third kappa shape index (κ3) is 9.55. The number of aromatic hydroxyl groups is 1. The number of alkyl halides is 2. The molecule has 6 unspecified atom stereocenters. The van der Waals surface area contributed by atoms with Crippen molar-refractivity contribution < 1.29 is 37.8 Å². The number of nitrogen functional groups attached to an aromatic ring is 1. The zero-order chi connectivity index (χ0) is 28.9. The van der Waals surface area contributed by atoms with Gasteiger partial charge in [-0.1, -0.05) is 32.0 Å². The van der Waals surface area contributed by atoms with Crippen molar-refractivity contribution in [2.45, 2.75) is 70.9 Å². The molecule has 1 fully saturated rings. The van der Waals surface area contributed by atoms with Gasteiger partial charge >= 0.3 is 11.7 Å². The fourth-order valence-electron chi connectivity index (χ4n) is 3.06. The van der Waals surface area contributed by atoms with Gasteiger partial charge in [0.15, 0.2) is 6.23 Å². The van der Waals surface area contributed by atoms with E-state index in [0.717, 1.165) is 10.8 Å². The minimum atomic E-state index is -2.87. The number of esters is 1. The molecule has 0 saturated carbocycles. The Kier molecular flexibility index (Phi) is 14.3. The van der Waals surface area contributed by atoms with E-state index in [0.29, 0.717) is 5.75 Å². The first kappa shape index (κ1) is 33.3. The number of rotatable bonds is 9. The summed E-state index contributed by atoms with van der Waals surface area (Å²) in [6.45, 7) is 7.11. The Labute approximate surface area is 222 Å². The van der Waals surface area contributed by atoms with Crippen molar-refractivity contribution in [2.75, 3.05) is 19.0 Å². The molecule has 0 aliphatic carbocycles. The summed E-state index contributed by atoms with van der Waals surface area (Å²) in [4.78, 5) is 27.1. The molecule has 1 aromatic heterocycles. The summed E-state index contributed by atoms with van der Waals surface area (Å²) in [5, 5.41) is 21.6. The third-order valence-electron chi connectivity index (χ3n) is 4.92. The molecule has 38 heavy (non-hydrogen) atoms. The Hall–Kier alpha value is -2.70. The predicted octanol–water partition coefficient (Wildman–Crippen LogP) is 2.63. The Morgan fingerprint density at radius 3 is 2.42 bits per heavy atom. The van der Waals surface area contributed by atoms with Crippen LogP contribution in [0.3, 0.4) is 0 Å². The standard InChI is InChI=1S/C16H25F2N4O6P.C6H6O.C2H6/c1-8(2)27-13(24)9(3)21-29-26-6-10-12(23)16(18,7-17)14(28-10)22-5-4-11(19)20-15(22)25;7-6-4-2-1-3-5-6;1-2/h4-5,8-10,12,14,21,23,29H,6-7H2,1-3H3,(H2,19,20,25);1-5,7H;1-2H3. The molecule has 2 heterocycles. The molecule has 1 aromatic carbocycles. The fraction of sp³-hybridized carbons (Fsp3) is 0.542. The molecule has 0 bridgehead atoms. The highest BCUT2D eigenvalue weighted by Crippen LogP contribution is 2.41. The number of hydrogen-bond donors (Lipinski definition) is 4. The SMILES string of the molecule is CC.CC(C)OC(=O)C(C)NPOCC1OC(n2ccc(N)nc2=O)C(F)(CF)C1O.Oc1ccccc1. The Morgan fingerprint density at radius 1 is 1.29 bits per heavy atom. The number of carbonyl (C=O) groups excluding carboxylic acids is 1. The highest BCUT2D eigenvalue weighted by molar-refractivity contribution is 7.29. The van der Waals surface area contributed by atoms with E-state index >= 15 is 4.39 Å². The number of phenolic OH excluding ortho intramolecular Hbond substituents is 1. The lowest BCUT2D eigenvalue weighted by Crippen LogP contribution is -2.47. The number of nitrogens with two attached hydrogens (primary N) is 1. The van der Waals surface area contributed by atoms with Crippen LogP contribution in [0.25, 0.3) is 0 Å². The summed E-state index contributed by atoms with van der Waals surface area (Å²) in [6, 6.07) is 9.29. The van der Waals surface area contributed by atoms with Crippen LogP contribution in [0.1, 0.15) is 40.8 Å². The highest BCUT2D eigenvalue weighted by atomic mass is 31.1. The number of aromatic nitrogens is 2. The number of aliphatic hydroxyl groups excluding tert-OH is 1. The van der Waals surface area contributed by atoms with Crippen LogP contribution < -0.4 is 16.5 Å². The van der Waals surface area contributed by atoms with Crippen molar-refractivity contribution in [3.63, 3.8) is 0 Å². The maximum atomic E-state index is 15.1. The highest BCUT2D eigenvalue weighted by Gasteiger charge is 2.58. The van der Waals surface area contributed by atoms with Crippen molar-refractivity contribution in [1.82, 2.24) is 14.6 Å². The van der Waals surface area contributed by atoms with Gasteiger partial charge in [0.1, 0.15) is 36.5 Å². The molecule has 1 aliphatic rings. The monoisotopic (exact) mass is 562 g/mol. The summed E-state index contributed by atoms with van der Waals surface area (Å²) in [5.41, 5.74) is 1.57. The Balaban J connectivity index is 0.000000682. The molecule has 6 atom stereocenters. The second-order valence-corrected chi connectivity index (χ2v) is 8.96. The number of nitrogens with one attached hydrogen (secondary N) is 1. The largest absolute Gasteiger partial charge is 0.508 e. The van der Waals surface area contributed by atoms with Crippen LogP contribution in [-0.4, -0.2) is 69.0 Å². The van der Waals surface area contributed by atoms with Crippen molar-refractivity contribution >= 4 is 20.7 Å². The van der Waals surface area contributed by atoms with E-state index < -0.39 is 57.4 Å². The van der Waals surface area contributed by atoms with Gasteiger partial charge in [-0.15, -0.1) is 0 Å². The first-order valence-corrected chi connectivity index (χ1v) is 12.9. The summed E-state index contributed by atoms with van der Waals surface area (Å²) in [7, 11) is -0.400. The summed E-state index contributed by atoms with van der Waals surface area (Å²) >= 11 is 0. The minimum absolute atomic E-state index is 0.0910. The number of ether oxygens (including phenoxy) is 2. The average Bonchev–Trinajstić information content (AvgIpc) is 3.13. The number of para-hydroxylation sites is 1. The van der Waals surface area contributed by atoms with Gasteiger partial charge in [0.2, 0.25) is 5.67 Å². The smallest absolute Gasteiger partial charge is 0.351 e. The number of nitrogens with zero attached hydrogens (tertiary/aromatic N) is 2. The van der Waals surface area contributed by atoms with Gasteiger partial charge < -0.3 is 29.9 Å². The van der Waals surface area contributed by atoms with Crippen LogP contribution >= 0.6 is 8.96 Å². The quantitative estimate of drug-likeness (QED) is 0.203. The number of hydrogen-bond acceptors (Lipinski definition) is 10. The summed E-state index contributed by atoms with van der Waals surface area (Å²) in [5.74, 6) is -0.238. The molecule has 5 N–H and O–H groups in total. The second-order valence-electron chi connectivity index (χ2n) is 8.17. The first-order chi connectivity index (χ1) is 18.0. The molecule has 0 radical (unpaired) electrons. The van der Waals surface area contributed by atoms with Crippen molar-refractivity contribution in [1.29, 1.82) is 0 Å². The van der Waals surface area contributed by atoms with E-state index in [-0.39, 0.29) is 18.5 Å². The maximum Gasteiger partial charge on any atom is 0.351 e. The van der Waals surface area contributed by atoms with Gasteiger partial charge in [-0.2, -0.15) is 4.98 Å². The predicted molar refractivity (Wildman–Crippen MR) is 140 cm³/mol. The fourth-order valence-corrected chi connectivity index (χ4v) is 3.69. The topological polar surface area (TPSA) is 158 Å².